The molecule has 1 atom stereocenters. The van der Waals surface area contributed by atoms with Crippen LogP contribution in [0.1, 0.15) is 46.2 Å². The Morgan fingerprint density at radius 3 is 2.19 bits per heavy atom. The quantitative estimate of drug-likeness (QED) is 0.657. The monoisotopic (exact) mass is 442 g/mol. The summed E-state index contributed by atoms with van der Waals surface area (Å²) in [5.41, 5.74) is 0.0929. The number of benzene rings is 2. The molecule has 2 aromatic carbocycles. The van der Waals surface area contributed by atoms with E-state index < -0.39 is 40.5 Å². The van der Waals surface area contributed by atoms with Gasteiger partial charge in [-0.3, -0.25) is 14.5 Å². The maximum atomic E-state index is 14.7. The molecule has 0 bridgehead atoms. The van der Waals surface area contributed by atoms with Gasteiger partial charge in [0.05, 0.1) is 17.3 Å². The van der Waals surface area contributed by atoms with Crippen LogP contribution in [0.15, 0.2) is 53.8 Å². The molecule has 2 aromatic rings. The summed E-state index contributed by atoms with van der Waals surface area (Å²) in [6, 6.07) is 8.84. The number of ketones is 1. The zero-order chi connectivity index (χ0) is 23.8. The summed E-state index contributed by atoms with van der Waals surface area (Å²) in [5, 5.41) is 10.7. The predicted molar refractivity (Wildman–Crippen MR) is 121 cm³/mol. The van der Waals surface area contributed by atoms with Crippen molar-refractivity contribution in [2.75, 3.05) is 22.9 Å². The van der Waals surface area contributed by atoms with E-state index in [0.717, 1.165) is 41.9 Å². The van der Waals surface area contributed by atoms with E-state index in [-0.39, 0.29) is 11.3 Å². The number of carbonyl (C=O) groups is 2. The maximum Gasteiger partial charge on any atom is 0.294 e. The van der Waals surface area contributed by atoms with Crippen LogP contribution in [-0.2, 0) is 9.59 Å². The smallest absolute Gasteiger partial charge is 0.294 e. The molecule has 0 fully saturated rings. The average Bonchev–Trinajstić information content (AvgIpc) is 3.00. The molecule has 1 N–H and O–H groups in total. The molecule has 170 valence electrons. The zero-order valence-electron chi connectivity index (χ0n) is 18.9. The number of Topliss-reactive ketones (excluding diaryl/α,β-unsaturated/α-hetero) is 1. The van der Waals surface area contributed by atoms with E-state index in [4.69, 9.17) is 0 Å². The number of hydrogen-bond donors (Lipinski definition) is 1. The Labute approximate surface area is 187 Å². The van der Waals surface area contributed by atoms with Gasteiger partial charge in [0.1, 0.15) is 11.6 Å². The molecule has 0 radical (unpaired) electrons. The lowest BCUT2D eigenvalue weighted by atomic mass is 9.82. The first kappa shape index (κ1) is 23.4. The predicted octanol–water partition coefficient (Wildman–Crippen LogP) is 5.33. The normalized spacial score (nSPS) is 16.7. The molecular weight excluding hydrogens is 414 g/mol. The molecule has 1 amide bonds. The third kappa shape index (κ3) is 4.11. The van der Waals surface area contributed by atoms with Crippen LogP contribution in [0, 0.1) is 17.0 Å². The number of halogens is 2. The van der Waals surface area contributed by atoms with Crippen LogP contribution in [0.4, 0.5) is 20.2 Å². The summed E-state index contributed by atoms with van der Waals surface area (Å²) in [6.45, 7) is 10.7. The van der Waals surface area contributed by atoms with E-state index in [1.165, 1.54) is 0 Å². The number of hydrogen-bond acceptors (Lipinski definition) is 4. The number of anilines is 2. The van der Waals surface area contributed by atoms with Gasteiger partial charge in [-0.05, 0) is 43.7 Å². The van der Waals surface area contributed by atoms with Crippen molar-refractivity contribution in [2.45, 2.75) is 40.7 Å². The Hall–Kier alpha value is -3.22. The van der Waals surface area contributed by atoms with Gasteiger partial charge in [-0.2, -0.15) is 0 Å². The number of aliphatic hydroxyl groups is 1. The molecular formula is C25H28F2N2O3. The highest BCUT2D eigenvalue weighted by Crippen LogP contribution is 2.44. The van der Waals surface area contributed by atoms with Gasteiger partial charge in [0, 0.05) is 30.3 Å². The second-order valence-corrected chi connectivity index (χ2v) is 8.78. The number of rotatable bonds is 6. The van der Waals surface area contributed by atoms with Crippen LogP contribution in [0.5, 0.6) is 0 Å². The third-order valence-corrected chi connectivity index (χ3v) is 5.64. The molecule has 0 aromatic heterocycles. The van der Waals surface area contributed by atoms with Crippen molar-refractivity contribution >= 4 is 23.1 Å². The van der Waals surface area contributed by atoms with Crippen LogP contribution < -0.4 is 9.80 Å². The van der Waals surface area contributed by atoms with Crippen LogP contribution in [0.3, 0.4) is 0 Å². The minimum atomic E-state index is -1.09. The van der Waals surface area contributed by atoms with Gasteiger partial charge >= 0.3 is 0 Å². The summed E-state index contributed by atoms with van der Waals surface area (Å²) in [7, 11) is 0. The van der Waals surface area contributed by atoms with E-state index >= 15 is 0 Å². The third-order valence-electron chi connectivity index (χ3n) is 5.64. The highest BCUT2D eigenvalue weighted by Gasteiger charge is 2.47. The standard InChI is InChI=1S/C25H28F2N2O3/c1-6-28(7-2)17-11-8-15(9-12-17)21-20(23(31)25(3,4)5)22(30)24(32)29(21)19-14-16(26)10-13-18(19)27/h8-14,21,30H,6-7H2,1-5H3. The highest BCUT2D eigenvalue weighted by atomic mass is 19.1. The van der Waals surface area contributed by atoms with Crippen molar-refractivity contribution in [3.8, 4) is 0 Å². The van der Waals surface area contributed by atoms with Gasteiger partial charge in [0.2, 0.25) is 0 Å². The van der Waals surface area contributed by atoms with Crippen molar-refractivity contribution in [3.05, 3.63) is 71.0 Å². The van der Waals surface area contributed by atoms with E-state index in [2.05, 4.69) is 4.90 Å². The summed E-state index contributed by atoms with van der Waals surface area (Å²) in [4.78, 5) is 29.3. The van der Waals surface area contributed by atoms with Crippen LogP contribution in [0.25, 0.3) is 0 Å². The Kier molecular flexibility index (Phi) is 6.39. The van der Waals surface area contributed by atoms with E-state index in [1.54, 1.807) is 32.9 Å². The molecule has 0 aliphatic carbocycles. The second-order valence-electron chi connectivity index (χ2n) is 8.78. The summed E-state index contributed by atoms with van der Waals surface area (Å²) in [5.74, 6) is -3.70. The van der Waals surface area contributed by atoms with Gasteiger partial charge in [-0.15, -0.1) is 0 Å². The first-order valence-corrected chi connectivity index (χ1v) is 10.6. The molecule has 0 spiro atoms. The lowest BCUT2D eigenvalue weighted by Gasteiger charge is -2.29. The largest absolute Gasteiger partial charge is 0.503 e. The fraction of sp³-hybridized carbons (Fsp3) is 0.360. The first-order chi connectivity index (χ1) is 15.0. The number of carbonyl (C=O) groups excluding carboxylic acids is 2. The van der Waals surface area contributed by atoms with E-state index in [9.17, 15) is 23.5 Å². The SMILES string of the molecule is CCN(CC)c1ccc(C2C(C(=O)C(C)(C)C)=C(O)C(=O)N2c2cc(F)ccc2F)cc1. The van der Waals surface area contributed by atoms with Crippen molar-refractivity contribution in [3.63, 3.8) is 0 Å². The van der Waals surface area contributed by atoms with Gasteiger partial charge < -0.3 is 10.0 Å². The molecule has 1 heterocycles. The van der Waals surface area contributed by atoms with Crippen LogP contribution >= 0.6 is 0 Å². The van der Waals surface area contributed by atoms with Crippen LogP contribution in [0.2, 0.25) is 0 Å². The zero-order valence-corrected chi connectivity index (χ0v) is 18.9. The van der Waals surface area contributed by atoms with Crippen molar-refractivity contribution in [1.29, 1.82) is 0 Å². The summed E-state index contributed by atoms with van der Waals surface area (Å²) < 4.78 is 28.6. The van der Waals surface area contributed by atoms with Gasteiger partial charge in [0.15, 0.2) is 11.5 Å². The molecule has 1 unspecified atom stereocenters. The Balaban J connectivity index is 2.20. The molecule has 1 aliphatic heterocycles. The average molecular weight is 443 g/mol. The van der Waals surface area contributed by atoms with Gasteiger partial charge in [-0.25, -0.2) is 8.78 Å². The molecule has 3 rings (SSSR count). The van der Waals surface area contributed by atoms with E-state index in [0.29, 0.717) is 5.56 Å². The second kappa shape index (κ2) is 8.73. The molecule has 0 saturated heterocycles. The van der Waals surface area contributed by atoms with Crippen LogP contribution in [-0.4, -0.2) is 29.9 Å². The highest BCUT2D eigenvalue weighted by molar-refractivity contribution is 6.17. The first-order valence-electron chi connectivity index (χ1n) is 10.6. The summed E-state index contributed by atoms with van der Waals surface area (Å²) >= 11 is 0. The fourth-order valence-electron chi connectivity index (χ4n) is 3.93. The lowest BCUT2D eigenvalue weighted by molar-refractivity contribution is -0.123. The molecule has 7 heteroatoms. The molecule has 5 nitrogen and oxygen atoms in total. The molecule has 0 saturated carbocycles. The Morgan fingerprint density at radius 2 is 1.66 bits per heavy atom. The lowest BCUT2D eigenvalue weighted by Crippen LogP contribution is -2.33. The number of aliphatic hydroxyl groups excluding tert-OH is 1. The van der Waals surface area contributed by atoms with E-state index in [1.807, 2.05) is 26.0 Å². The Morgan fingerprint density at radius 1 is 1.06 bits per heavy atom. The topological polar surface area (TPSA) is 60.9 Å². The number of nitrogens with zero attached hydrogens (tertiary/aromatic N) is 2. The summed E-state index contributed by atoms with van der Waals surface area (Å²) in [6.07, 6.45) is 0. The minimum absolute atomic E-state index is 0.123. The van der Waals surface area contributed by atoms with Crippen molar-refractivity contribution in [1.82, 2.24) is 0 Å². The minimum Gasteiger partial charge on any atom is -0.503 e. The van der Waals surface area contributed by atoms with Crippen molar-refractivity contribution in [2.24, 2.45) is 5.41 Å². The van der Waals surface area contributed by atoms with Gasteiger partial charge in [0.25, 0.3) is 5.91 Å². The Bertz CT molecular complexity index is 1070. The van der Waals surface area contributed by atoms with Gasteiger partial charge in [-0.1, -0.05) is 32.9 Å². The maximum absolute atomic E-state index is 14.7. The number of amides is 1. The molecule has 1 aliphatic rings. The molecule has 32 heavy (non-hydrogen) atoms. The fourth-order valence-corrected chi connectivity index (χ4v) is 3.93. The van der Waals surface area contributed by atoms with Crippen molar-refractivity contribution < 1.29 is 23.5 Å².